The second-order valence-electron chi connectivity index (χ2n) is 4.83. The van der Waals surface area contributed by atoms with Crippen LogP contribution in [0, 0.1) is 5.82 Å². The van der Waals surface area contributed by atoms with Gasteiger partial charge in [0.2, 0.25) is 0 Å². The van der Waals surface area contributed by atoms with E-state index in [1.165, 1.54) is 36.4 Å². The van der Waals surface area contributed by atoms with Crippen LogP contribution >= 0.6 is 0 Å². The Labute approximate surface area is 139 Å². The first-order valence-electron chi connectivity index (χ1n) is 7.18. The van der Waals surface area contributed by atoms with Crippen molar-refractivity contribution < 1.29 is 22.3 Å². The highest BCUT2D eigenvalue weighted by atomic mass is 32.2. The Hall–Kier alpha value is -2.61. The summed E-state index contributed by atoms with van der Waals surface area (Å²) in [6.45, 7) is 2.16. The van der Waals surface area contributed by atoms with Gasteiger partial charge in [-0.2, -0.15) is 0 Å². The third-order valence-electron chi connectivity index (χ3n) is 2.97. The van der Waals surface area contributed by atoms with Gasteiger partial charge in [-0.05, 0) is 55.5 Å². The van der Waals surface area contributed by atoms with E-state index >= 15 is 0 Å². The summed E-state index contributed by atoms with van der Waals surface area (Å²) in [5, 5.41) is 2.59. The van der Waals surface area contributed by atoms with Crippen molar-refractivity contribution in [3.63, 3.8) is 0 Å². The lowest BCUT2D eigenvalue weighted by Gasteiger charge is -2.09. The number of likely N-dealkylation sites (N-methyl/N-ethyl adjacent to an activating group) is 1. The van der Waals surface area contributed by atoms with Crippen LogP contribution in [0.25, 0.3) is 0 Å². The Balaban J connectivity index is 2.03. The standard InChI is InChI=1S/C16H17FN2O4S/c1-2-18-16(20)11-23-14-7-9-15(10-8-14)24(21,22)19-13-5-3-12(17)4-6-13/h3-10,19H,2,11H2,1H3,(H,18,20). The van der Waals surface area contributed by atoms with Crippen LogP contribution in [-0.4, -0.2) is 27.5 Å². The van der Waals surface area contributed by atoms with E-state index in [1.54, 1.807) is 6.92 Å². The maximum absolute atomic E-state index is 12.8. The first-order chi connectivity index (χ1) is 11.4. The number of rotatable bonds is 7. The summed E-state index contributed by atoms with van der Waals surface area (Å²) in [4.78, 5) is 11.3. The molecule has 0 atom stereocenters. The van der Waals surface area contributed by atoms with Crippen molar-refractivity contribution in [3.05, 3.63) is 54.3 Å². The molecule has 0 aliphatic carbocycles. The molecule has 0 aromatic heterocycles. The highest BCUT2D eigenvalue weighted by molar-refractivity contribution is 7.92. The van der Waals surface area contributed by atoms with Crippen molar-refractivity contribution in [1.82, 2.24) is 5.32 Å². The molecule has 6 nitrogen and oxygen atoms in total. The molecule has 0 saturated heterocycles. The van der Waals surface area contributed by atoms with Crippen LogP contribution in [0.2, 0.25) is 0 Å². The molecule has 0 fully saturated rings. The van der Waals surface area contributed by atoms with Crippen molar-refractivity contribution in [1.29, 1.82) is 0 Å². The van der Waals surface area contributed by atoms with Gasteiger partial charge in [-0.3, -0.25) is 9.52 Å². The van der Waals surface area contributed by atoms with E-state index in [1.807, 2.05) is 0 Å². The van der Waals surface area contributed by atoms with Gasteiger partial charge in [-0.1, -0.05) is 0 Å². The predicted octanol–water partition coefficient (Wildman–Crippen LogP) is 2.14. The molecule has 2 rings (SSSR count). The van der Waals surface area contributed by atoms with Crippen molar-refractivity contribution in [2.45, 2.75) is 11.8 Å². The third kappa shape index (κ3) is 4.95. The Kier molecular flexibility index (Phi) is 5.75. The molecule has 0 radical (unpaired) electrons. The van der Waals surface area contributed by atoms with Gasteiger partial charge in [-0.15, -0.1) is 0 Å². The molecule has 2 aromatic carbocycles. The van der Waals surface area contributed by atoms with Gasteiger partial charge >= 0.3 is 0 Å². The van der Waals surface area contributed by atoms with Crippen LogP contribution < -0.4 is 14.8 Å². The second-order valence-corrected chi connectivity index (χ2v) is 6.51. The summed E-state index contributed by atoms with van der Waals surface area (Å²) in [6, 6.07) is 10.6. The Morgan fingerprint density at radius 1 is 1.08 bits per heavy atom. The summed E-state index contributed by atoms with van der Waals surface area (Å²) in [7, 11) is -3.79. The summed E-state index contributed by atoms with van der Waals surface area (Å²) in [6.07, 6.45) is 0. The molecule has 0 unspecified atom stereocenters. The van der Waals surface area contributed by atoms with E-state index in [0.717, 1.165) is 12.1 Å². The van der Waals surface area contributed by atoms with Crippen LogP contribution in [0.1, 0.15) is 6.92 Å². The molecule has 0 heterocycles. The molecular weight excluding hydrogens is 335 g/mol. The van der Waals surface area contributed by atoms with Crippen molar-refractivity contribution in [2.75, 3.05) is 17.9 Å². The summed E-state index contributed by atoms with van der Waals surface area (Å²) >= 11 is 0. The van der Waals surface area contributed by atoms with E-state index < -0.39 is 15.8 Å². The molecule has 2 N–H and O–H groups in total. The van der Waals surface area contributed by atoms with E-state index in [2.05, 4.69) is 10.0 Å². The molecule has 128 valence electrons. The third-order valence-corrected chi connectivity index (χ3v) is 4.37. The normalized spacial score (nSPS) is 10.9. The number of halogens is 1. The summed E-state index contributed by atoms with van der Waals surface area (Å²) < 4.78 is 44.9. The molecular formula is C16H17FN2O4S. The van der Waals surface area contributed by atoms with Gasteiger partial charge < -0.3 is 10.1 Å². The highest BCUT2D eigenvalue weighted by Gasteiger charge is 2.14. The van der Waals surface area contributed by atoms with E-state index in [9.17, 15) is 17.6 Å². The largest absolute Gasteiger partial charge is 0.484 e. The molecule has 8 heteroatoms. The molecule has 1 amide bonds. The quantitative estimate of drug-likeness (QED) is 0.800. The molecule has 0 aliphatic rings. The first kappa shape index (κ1) is 17.7. The molecule has 2 aromatic rings. The van der Waals surface area contributed by atoms with Gasteiger partial charge in [0.1, 0.15) is 11.6 Å². The average Bonchev–Trinajstić information content (AvgIpc) is 2.56. The zero-order valence-electron chi connectivity index (χ0n) is 13.0. The fourth-order valence-electron chi connectivity index (χ4n) is 1.84. The minimum Gasteiger partial charge on any atom is -0.484 e. The Morgan fingerprint density at radius 3 is 2.29 bits per heavy atom. The van der Waals surface area contributed by atoms with Crippen LogP contribution in [0.5, 0.6) is 5.75 Å². The van der Waals surface area contributed by atoms with Gasteiger partial charge in [0.15, 0.2) is 6.61 Å². The zero-order valence-corrected chi connectivity index (χ0v) is 13.8. The van der Waals surface area contributed by atoms with Crippen molar-refractivity contribution in [2.24, 2.45) is 0 Å². The number of hydrogen-bond donors (Lipinski definition) is 2. The zero-order chi connectivity index (χ0) is 17.6. The van der Waals surface area contributed by atoms with Crippen LogP contribution in [0.3, 0.4) is 0 Å². The van der Waals surface area contributed by atoms with Crippen LogP contribution in [0.15, 0.2) is 53.4 Å². The van der Waals surface area contributed by atoms with E-state index in [4.69, 9.17) is 4.74 Å². The van der Waals surface area contributed by atoms with Gasteiger partial charge in [-0.25, -0.2) is 12.8 Å². The van der Waals surface area contributed by atoms with Gasteiger partial charge in [0.25, 0.3) is 15.9 Å². The molecule has 0 aliphatic heterocycles. The molecule has 0 saturated carbocycles. The van der Waals surface area contributed by atoms with Crippen molar-refractivity contribution >= 4 is 21.6 Å². The lowest BCUT2D eigenvalue weighted by molar-refractivity contribution is -0.122. The number of sulfonamides is 1. The molecule has 0 spiro atoms. The SMILES string of the molecule is CCNC(=O)COc1ccc(S(=O)(=O)Nc2ccc(F)cc2)cc1. The number of nitrogens with one attached hydrogen (secondary N) is 2. The minimum atomic E-state index is -3.79. The van der Waals surface area contributed by atoms with Crippen molar-refractivity contribution in [3.8, 4) is 5.75 Å². The second kappa shape index (κ2) is 7.78. The molecule has 0 bridgehead atoms. The first-order valence-corrected chi connectivity index (χ1v) is 8.67. The van der Waals surface area contributed by atoms with E-state index in [0.29, 0.717) is 12.3 Å². The Bertz CT molecular complexity index is 790. The monoisotopic (exact) mass is 352 g/mol. The maximum atomic E-state index is 12.8. The summed E-state index contributed by atoms with van der Waals surface area (Å²) in [5.74, 6) is -0.333. The Morgan fingerprint density at radius 2 is 1.71 bits per heavy atom. The molecule has 24 heavy (non-hydrogen) atoms. The fourth-order valence-corrected chi connectivity index (χ4v) is 2.90. The van der Waals surface area contributed by atoms with Gasteiger partial charge in [0, 0.05) is 12.2 Å². The number of carbonyl (C=O) groups excluding carboxylic acids is 1. The number of amides is 1. The minimum absolute atomic E-state index is 0.0252. The van der Waals surface area contributed by atoms with E-state index in [-0.39, 0.29) is 23.1 Å². The maximum Gasteiger partial charge on any atom is 0.261 e. The van der Waals surface area contributed by atoms with Crippen LogP contribution in [-0.2, 0) is 14.8 Å². The number of hydrogen-bond acceptors (Lipinski definition) is 4. The number of ether oxygens (including phenoxy) is 1. The highest BCUT2D eigenvalue weighted by Crippen LogP contribution is 2.19. The number of carbonyl (C=O) groups is 1. The van der Waals surface area contributed by atoms with Crippen LogP contribution in [0.4, 0.5) is 10.1 Å². The van der Waals surface area contributed by atoms with Gasteiger partial charge in [0.05, 0.1) is 4.90 Å². The lowest BCUT2D eigenvalue weighted by atomic mass is 10.3. The number of anilines is 1. The lowest BCUT2D eigenvalue weighted by Crippen LogP contribution is -2.28. The predicted molar refractivity (Wildman–Crippen MR) is 87.8 cm³/mol. The number of benzene rings is 2. The topological polar surface area (TPSA) is 84.5 Å². The summed E-state index contributed by atoms with van der Waals surface area (Å²) in [5.41, 5.74) is 0.257. The fraction of sp³-hybridized carbons (Fsp3) is 0.188. The average molecular weight is 352 g/mol. The smallest absolute Gasteiger partial charge is 0.261 e.